The molecule has 114 valence electrons. The molecular weight excluding hydrogens is 280 g/mol. The highest BCUT2D eigenvalue weighted by Crippen LogP contribution is 2.33. The van der Waals surface area contributed by atoms with Gasteiger partial charge in [0, 0.05) is 28.8 Å². The number of H-pyrrole nitrogens is 1. The van der Waals surface area contributed by atoms with E-state index in [4.69, 9.17) is 5.73 Å². The number of benzene rings is 1. The van der Waals surface area contributed by atoms with E-state index in [0.29, 0.717) is 22.9 Å². The van der Waals surface area contributed by atoms with Gasteiger partial charge in [0.15, 0.2) is 5.82 Å². The highest BCUT2D eigenvalue weighted by molar-refractivity contribution is 6.04. The van der Waals surface area contributed by atoms with Crippen LogP contribution in [0.1, 0.15) is 58.0 Å². The van der Waals surface area contributed by atoms with Crippen LogP contribution in [0.4, 0.5) is 5.82 Å². The van der Waals surface area contributed by atoms with E-state index in [1.165, 1.54) is 37.8 Å². The van der Waals surface area contributed by atoms with Crippen LogP contribution in [-0.2, 0) is 0 Å². The quantitative estimate of drug-likeness (QED) is 0.808. The maximum atomic E-state index is 12.1. The first-order chi connectivity index (χ1) is 10.6. The van der Waals surface area contributed by atoms with Crippen molar-refractivity contribution in [3.8, 4) is 0 Å². The average molecular weight is 298 g/mol. The number of carbonyl (C=O) groups excluding carboxylic acids is 2. The van der Waals surface area contributed by atoms with E-state index in [-0.39, 0.29) is 5.91 Å². The molecule has 1 fully saturated rings. The molecule has 3 rings (SSSR count). The summed E-state index contributed by atoms with van der Waals surface area (Å²) in [5.41, 5.74) is 7.08. The number of nitrogens with zero attached hydrogens (tertiary/aromatic N) is 1. The first-order valence-electron chi connectivity index (χ1n) is 7.40. The second-order valence-electron chi connectivity index (χ2n) is 5.59. The maximum Gasteiger partial charge on any atom is 0.256 e. The summed E-state index contributed by atoms with van der Waals surface area (Å²) in [5.74, 6) is 0.264. The minimum atomic E-state index is -0.513. The number of amides is 2. The van der Waals surface area contributed by atoms with Gasteiger partial charge in [0.1, 0.15) is 0 Å². The highest BCUT2D eigenvalue weighted by Gasteiger charge is 2.19. The largest absolute Gasteiger partial charge is 0.366 e. The fraction of sp³-hybridized carbons (Fsp3) is 0.312. The lowest BCUT2D eigenvalue weighted by molar-refractivity contribution is 0.0995. The molecule has 0 bridgehead atoms. The van der Waals surface area contributed by atoms with Gasteiger partial charge in [-0.2, -0.15) is 5.10 Å². The smallest absolute Gasteiger partial charge is 0.256 e. The molecule has 22 heavy (non-hydrogen) atoms. The van der Waals surface area contributed by atoms with Crippen LogP contribution in [0.15, 0.2) is 30.3 Å². The van der Waals surface area contributed by atoms with Crippen molar-refractivity contribution in [1.29, 1.82) is 0 Å². The van der Waals surface area contributed by atoms with Crippen molar-refractivity contribution in [2.24, 2.45) is 5.73 Å². The van der Waals surface area contributed by atoms with Gasteiger partial charge in [0.2, 0.25) is 5.91 Å². The molecule has 0 saturated heterocycles. The lowest BCUT2D eigenvalue weighted by Gasteiger charge is -2.04. The van der Waals surface area contributed by atoms with Crippen LogP contribution in [0.2, 0.25) is 0 Å². The number of nitrogens with two attached hydrogens (primary N) is 1. The first-order valence-corrected chi connectivity index (χ1v) is 7.40. The lowest BCUT2D eigenvalue weighted by atomic mass is 10.0. The number of hydrogen-bond acceptors (Lipinski definition) is 3. The molecule has 0 spiro atoms. The Morgan fingerprint density at radius 1 is 1.14 bits per heavy atom. The summed E-state index contributed by atoms with van der Waals surface area (Å²) >= 11 is 0. The minimum Gasteiger partial charge on any atom is -0.366 e. The molecule has 1 aliphatic rings. The Kier molecular flexibility index (Phi) is 3.91. The van der Waals surface area contributed by atoms with Gasteiger partial charge in [-0.25, -0.2) is 0 Å². The van der Waals surface area contributed by atoms with Crippen molar-refractivity contribution in [1.82, 2.24) is 10.2 Å². The summed E-state index contributed by atoms with van der Waals surface area (Å²) < 4.78 is 0. The van der Waals surface area contributed by atoms with Gasteiger partial charge in [-0.1, -0.05) is 12.8 Å². The van der Waals surface area contributed by atoms with Crippen molar-refractivity contribution in [3.63, 3.8) is 0 Å². The first kappa shape index (κ1) is 14.3. The van der Waals surface area contributed by atoms with E-state index in [0.717, 1.165) is 5.69 Å². The van der Waals surface area contributed by atoms with E-state index >= 15 is 0 Å². The van der Waals surface area contributed by atoms with Crippen molar-refractivity contribution < 1.29 is 9.59 Å². The molecule has 6 heteroatoms. The lowest BCUT2D eigenvalue weighted by Crippen LogP contribution is -2.14. The number of primary amides is 1. The summed E-state index contributed by atoms with van der Waals surface area (Å²) in [6.07, 6.45) is 4.84. The van der Waals surface area contributed by atoms with Crippen LogP contribution in [-0.4, -0.2) is 22.0 Å². The zero-order chi connectivity index (χ0) is 15.5. The number of rotatable bonds is 4. The summed E-state index contributed by atoms with van der Waals surface area (Å²) in [4.78, 5) is 23.2. The topological polar surface area (TPSA) is 101 Å². The average Bonchev–Trinajstić information content (AvgIpc) is 3.18. The van der Waals surface area contributed by atoms with Crippen molar-refractivity contribution in [2.75, 3.05) is 5.32 Å². The fourth-order valence-electron chi connectivity index (χ4n) is 2.82. The predicted molar refractivity (Wildman–Crippen MR) is 82.7 cm³/mol. The van der Waals surface area contributed by atoms with Gasteiger partial charge in [-0.05, 0) is 37.1 Å². The van der Waals surface area contributed by atoms with Crippen LogP contribution in [0, 0.1) is 0 Å². The second kappa shape index (κ2) is 6.01. The minimum absolute atomic E-state index is 0.263. The Bertz CT molecular complexity index is 684. The van der Waals surface area contributed by atoms with Crippen LogP contribution in [0.25, 0.3) is 0 Å². The SMILES string of the molecule is NC(=O)c1ccc(C(=O)Nc2cc(C3CCCC3)[nH]n2)cc1. The Morgan fingerprint density at radius 2 is 1.77 bits per heavy atom. The fourth-order valence-corrected chi connectivity index (χ4v) is 2.82. The van der Waals surface area contributed by atoms with Crippen LogP contribution >= 0.6 is 0 Å². The Morgan fingerprint density at radius 3 is 2.41 bits per heavy atom. The Balaban J connectivity index is 1.67. The van der Waals surface area contributed by atoms with Gasteiger partial charge in [-0.15, -0.1) is 0 Å². The number of hydrogen-bond donors (Lipinski definition) is 3. The monoisotopic (exact) mass is 298 g/mol. The number of nitrogens with one attached hydrogen (secondary N) is 2. The second-order valence-corrected chi connectivity index (χ2v) is 5.59. The Labute approximate surface area is 128 Å². The molecule has 0 radical (unpaired) electrons. The van der Waals surface area contributed by atoms with Gasteiger partial charge in [-0.3, -0.25) is 14.7 Å². The summed E-state index contributed by atoms with van der Waals surface area (Å²) in [6.45, 7) is 0. The third-order valence-electron chi connectivity index (χ3n) is 4.07. The zero-order valence-electron chi connectivity index (χ0n) is 12.1. The van der Waals surface area contributed by atoms with Gasteiger partial charge >= 0.3 is 0 Å². The molecule has 1 aromatic heterocycles. The highest BCUT2D eigenvalue weighted by atomic mass is 16.2. The molecule has 4 N–H and O–H groups in total. The zero-order valence-corrected chi connectivity index (χ0v) is 12.1. The molecule has 1 saturated carbocycles. The standard InChI is InChI=1S/C16H18N4O2/c17-15(21)11-5-7-12(8-6-11)16(22)18-14-9-13(19-20-14)10-3-1-2-4-10/h5-10H,1-4H2,(H2,17,21)(H2,18,19,20,22). The predicted octanol–water partition coefficient (Wildman–Crippen LogP) is 2.42. The number of aromatic nitrogens is 2. The number of aromatic amines is 1. The van der Waals surface area contributed by atoms with Crippen molar-refractivity contribution in [3.05, 3.63) is 47.2 Å². The summed E-state index contributed by atoms with van der Waals surface area (Å²) in [6, 6.07) is 8.10. The number of carbonyl (C=O) groups is 2. The number of anilines is 1. The van der Waals surface area contributed by atoms with Crippen LogP contribution in [0.5, 0.6) is 0 Å². The molecule has 6 nitrogen and oxygen atoms in total. The van der Waals surface area contributed by atoms with E-state index in [1.807, 2.05) is 6.07 Å². The molecule has 2 aromatic rings. The third-order valence-corrected chi connectivity index (χ3v) is 4.07. The Hall–Kier alpha value is -2.63. The molecule has 0 atom stereocenters. The van der Waals surface area contributed by atoms with Gasteiger partial charge in [0.25, 0.3) is 5.91 Å². The molecule has 1 aliphatic carbocycles. The molecule has 1 aromatic carbocycles. The molecular formula is C16H18N4O2. The van der Waals surface area contributed by atoms with E-state index < -0.39 is 5.91 Å². The van der Waals surface area contributed by atoms with E-state index in [1.54, 1.807) is 12.1 Å². The van der Waals surface area contributed by atoms with Crippen LogP contribution in [0.3, 0.4) is 0 Å². The third kappa shape index (κ3) is 3.00. The van der Waals surface area contributed by atoms with Gasteiger partial charge < -0.3 is 11.1 Å². The van der Waals surface area contributed by atoms with E-state index in [2.05, 4.69) is 15.5 Å². The van der Waals surface area contributed by atoms with E-state index in [9.17, 15) is 9.59 Å². The molecule has 0 unspecified atom stereocenters. The molecule has 0 aliphatic heterocycles. The molecule has 1 heterocycles. The maximum absolute atomic E-state index is 12.1. The van der Waals surface area contributed by atoms with Crippen molar-refractivity contribution >= 4 is 17.6 Å². The van der Waals surface area contributed by atoms with Crippen molar-refractivity contribution in [2.45, 2.75) is 31.6 Å². The van der Waals surface area contributed by atoms with Crippen LogP contribution < -0.4 is 11.1 Å². The summed E-state index contributed by atoms with van der Waals surface area (Å²) in [5, 5.41) is 9.90. The van der Waals surface area contributed by atoms with Gasteiger partial charge in [0.05, 0.1) is 0 Å². The molecule has 2 amide bonds. The summed E-state index contributed by atoms with van der Waals surface area (Å²) in [7, 11) is 0. The normalized spacial score (nSPS) is 14.9.